The Labute approximate surface area is 229 Å². The fourth-order valence-corrected chi connectivity index (χ4v) is 4.01. The first-order valence-corrected chi connectivity index (χ1v) is 12.4. The van der Waals surface area contributed by atoms with E-state index in [1.54, 1.807) is 48.5 Å². The molecule has 196 valence electrons. The van der Waals surface area contributed by atoms with Gasteiger partial charge in [-0.2, -0.15) is 4.80 Å². The predicted octanol–water partition coefficient (Wildman–Crippen LogP) is 5.48. The van der Waals surface area contributed by atoms with Crippen molar-refractivity contribution in [1.29, 1.82) is 0 Å². The average molecular weight is 555 g/mol. The lowest BCUT2D eigenvalue weighted by molar-refractivity contribution is -0.128. The minimum atomic E-state index is -1.12. The zero-order chi connectivity index (χ0) is 27.4. The summed E-state index contributed by atoms with van der Waals surface area (Å²) in [6.07, 6.45) is 0. The minimum absolute atomic E-state index is 0.313. The predicted molar refractivity (Wildman–Crippen MR) is 144 cm³/mol. The summed E-state index contributed by atoms with van der Waals surface area (Å²) >= 11 is 12.1. The fraction of sp³-hybridized carbons (Fsp3) is 0.222. The molecule has 0 saturated heterocycles. The number of nitrogens with one attached hydrogen (secondary N) is 1. The van der Waals surface area contributed by atoms with Gasteiger partial charge in [0.05, 0.1) is 0 Å². The molecule has 0 bridgehead atoms. The van der Waals surface area contributed by atoms with Crippen molar-refractivity contribution >= 4 is 40.7 Å². The number of carbonyl (C=O) groups excluding carboxylic acids is 2. The van der Waals surface area contributed by atoms with Crippen molar-refractivity contribution in [3.8, 4) is 11.4 Å². The Morgan fingerprint density at radius 3 is 2.11 bits per heavy atom. The maximum atomic E-state index is 13.8. The molecule has 0 aliphatic heterocycles. The summed E-state index contributed by atoms with van der Waals surface area (Å²) < 4.78 is 13.8. The molecule has 11 heteroatoms. The number of halogens is 3. The third-order valence-electron chi connectivity index (χ3n) is 5.40. The highest BCUT2D eigenvalue weighted by molar-refractivity contribution is 6.31. The number of benzene rings is 3. The van der Waals surface area contributed by atoms with Crippen molar-refractivity contribution in [1.82, 2.24) is 25.5 Å². The highest BCUT2D eigenvalue weighted by Gasteiger charge is 2.35. The van der Waals surface area contributed by atoms with Crippen LogP contribution in [0.4, 0.5) is 10.1 Å². The number of anilines is 1. The van der Waals surface area contributed by atoms with E-state index in [9.17, 15) is 14.0 Å². The molecule has 8 nitrogen and oxygen atoms in total. The normalized spacial score (nSPS) is 12.2. The summed E-state index contributed by atoms with van der Waals surface area (Å²) in [5.74, 6) is -1.09. The molecule has 1 aromatic heterocycles. The van der Waals surface area contributed by atoms with E-state index in [1.807, 2.05) is 20.8 Å². The van der Waals surface area contributed by atoms with Crippen LogP contribution in [0.2, 0.25) is 10.0 Å². The molecule has 3 aromatic carbocycles. The van der Waals surface area contributed by atoms with Gasteiger partial charge in [0.1, 0.15) is 18.4 Å². The van der Waals surface area contributed by atoms with E-state index in [0.717, 1.165) is 4.80 Å². The van der Waals surface area contributed by atoms with Gasteiger partial charge in [0.25, 0.3) is 5.91 Å². The zero-order valence-electron chi connectivity index (χ0n) is 20.9. The van der Waals surface area contributed by atoms with Gasteiger partial charge in [-0.3, -0.25) is 14.5 Å². The summed E-state index contributed by atoms with van der Waals surface area (Å²) in [6.45, 7) is 5.18. The number of hydrogen-bond donors (Lipinski definition) is 1. The van der Waals surface area contributed by atoms with Gasteiger partial charge in [-0.15, -0.1) is 10.2 Å². The number of carbonyl (C=O) groups is 2. The van der Waals surface area contributed by atoms with Gasteiger partial charge in [0.15, 0.2) is 0 Å². The number of tetrazole rings is 1. The first-order chi connectivity index (χ1) is 18.0. The number of amides is 2. The summed E-state index contributed by atoms with van der Waals surface area (Å²) in [7, 11) is 0. The average Bonchev–Trinajstić information content (AvgIpc) is 3.31. The number of aromatic nitrogens is 4. The zero-order valence-corrected chi connectivity index (χ0v) is 22.4. The maximum absolute atomic E-state index is 13.8. The summed E-state index contributed by atoms with van der Waals surface area (Å²) in [4.78, 5) is 29.9. The van der Waals surface area contributed by atoms with E-state index in [2.05, 4.69) is 20.7 Å². The first-order valence-electron chi connectivity index (χ1n) is 11.7. The second-order valence-electron chi connectivity index (χ2n) is 9.58. The molecule has 0 aliphatic rings. The monoisotopic (exact) mass is 554 g/mol. The van der Waals surface area contributed by atoms with Gasteiger partial charge in [0.2, 0.25) is 11.7 Å². The molecule has 1 heterocycles. The standard InChI is InChI=1S/C27H25Cl2FN6O2/c1-27(2,3)31-26(38)24(17-6-12-21(30)13-7-17)36(22-14-10-20(29)11-15-22)23(37)16-35-33-25(32-34-35)18-4-8-19(28)9-5-18/h4-15,24H,16H2,1-3H3,(H,31,38)/t24-/m1/s1. The van der Waals surface area contributed by atoms with Crippen molar-refractivity contribution in [3.63, 3.8) is 0 Å². The number of rotatable bonds is 7. The highest BCUT2D eigenvalue weighted by Crippen LogP contribution is 2.30. The minimum Gasteiger partial charge on any atom is -0.349 e. The Morgan fingerprint density at radius 1 is 0.947 bits per heavy atom. The van der Waals surface area contributed by atoms with E-state index >= 15 is 0 Å². The van der Waals surface area contributed by atoms with Crippen molar-refractivity contribution in [2.45, 2.75) is 38.9 Å². The Balaban J connectivity index is 1.73. The second kappa shape index (κ2) is 11.3. The van der Waals surface area contributed by atoms with Gasteiger partial charge < -0.3 is 5.32 Å². The molecule has 0 spiro atoms. The second-order valence-corrected chi connectivity index (χ2v) is 10.5. The van der Waals surface area contributed by atoms with Gasteiger partial charge in [0, 0.05) is 26.8 Å². The molecule has 0 saturated carbocycles. The fourth-order valence-electron chi connectivity index (χ4n) is 3.76. The number of hydrogen-bond acceptors (Lipinski definition) is 5. The molecule has 0 radical (unpaired) electrons. The Kier molecular flexibility index (Phi) is 8.08. The summed E-state index contributed by atoms with van der Waals surface area (Å²) in [5, 5.41) is 16.3. The molecular weight excluding hydrogens is 530 g/mol. The molecule has 0 unspecified atom stereocenters. The van der Waals surface area contributed by atoms with Crippen molar-refractivity contribution < 1.29 is 14.0 Å². The van der Waals surface area contributed by atoms with Gasteiger partial charge in [-0.05, 0) is 92.2 Å². The molecule has 1 atom stereocenters. The molecule has 2 amide bonds. The topological polar surface area (TPSA) is 93.0 Å². The van der Waals surface area contributed by atoms with E-state index in [4.69, 9.17) is 23.2 Å². The van der Waals surface area contributed by atoms with Crippen LogP contribution in [0.5, 0.6) is 0 Å². The highest BCUT2D eigenvalue weighted by atomic mass is 35.5. The van der Waals surface area contributed by atoms with Crippen LogP contribution >= 0.6 is 23.2 Å². The van der Waals surface area contributed by atoms with E-state index in [-0.39, 0.29) is 6.54 Å². The lowest BCUT2D eigenvalue weighted by atomic mass is 10.0. The van der Waals surface area contributed by atoms with E-state index in [0.29, 0.717) is 32.7 Å². The van der Waals surface area contributed by atoms with Crippen LogP contribution in [0.15, 0.2) is 72.8 Å². The quantitative estimate of drug-likeness (QED) is 0.326. The molecule has 0 fully saturated rings. The molecular formula is C27H25Cl2FN6O2. The third-order valence-corrected chi connectivity index (χ3v) is 5.90. The smallest absolute Gasteiger partial charge is 0.251 e. The van der Waals surface area contributed by atoms with Crippen LogP contribution in [0.1, 0.15) is 32.4 Å². The number of nitrogens with zero attached hydrogens (tertiary/aromatic N) is 5. The summed E-state index contributed by atoms with van der Waals surface area (Å²) in [6, 6.07) is 17.7. The van der Waals surface area contributed by atoms with Crippen molar-refractivity contribution in [3.05, 3.63) is 94.2 Å². The van der Waals surface area contributed by atoms with Crippen LogP contribution in [-0.2, 0) is 16.1 Å². The molecule has 1 N–H and O–H groups in total. The Hall–Kier alpha value is -3.82. The van der Waals surface area contributed by atoms with Gasteiger partial charge in [-0.1, -0.05) is 35.3 Å². The summed E-state index contributed by atoms with van der Waals surface area (Å²) in [5.41, 5.74) is 0.919. The Morgan fingerprint density at radius 2 is 1.53 bits per heavy atom. The van der Waals surface area contributed by atoms with Gasteiger partial charge >= 0.3 is 0 Å². The van der Waals surface area contributed by atoms with Crippen LogP contribution in [-0.4, -0.2) is 37.6 Å². The van der Waals surface area contributed by atoms with Crippen molar-refractivity contribution in [2.24, 2.45) is 0 Å². The Bertz CT molecular complexity index is 1420. The molecule has 4 aromatic rings. The van der Waals surface area contributed by atoms with Crippen molar-refractivity contribution in [2.75, 3.05) is 4.90 Å². The van der Waals surface area contributed by atoms with Crippen LogP contribution in [0.3, 0.4) is 0 Å². The largest absolute Gasteiger partial charge is 0.349 e. The van der Waals surface area contributed by atoms with Crippen LogP contribution in [0, 0.1) is 5.82 Å². The van der Waals surface area contributed by atoms with E-state index < -0.39 is 29.2 Å². The van der Waals surface area contributed by atoms with E-state index in [1.165, 1.54) is 29.2 Å². The third kappa shape index (κ3) is 6.73. The first kappa shape index (κ1) is 27.2. The molecule has 4 rings (SSSR count). The lowest BCUT2D eigenvalue weighted by Gasteiger charge is -2.33. The maximum Gasteiger partial charge on any atom is 0.251 e. The SMILES string of the molecule is CC(C)(C)NC(=O)[C@@H](c1ccc(F)cc1)N(C(=O)Cn1nnc(-c2ccc(Cl)cc2)n1)c1ccc(Cl)cc1. The molecule has 0 aliphatic carbocycles. The molecule has 38 heavy (non-hydrogen) atoms. The van der Waals surface area contributed by atoms with Gasteiger partial charge in [-0.25, -0.2) is 4.39 Å². The lowest BCUT2D eigenvalue weighted by Crippen LogP contribution is -2.50. The van der Waals surface area contributed by atoms with Crippen LogP contribution < -0.4 is 10.2 Å². The van der Waals surface area contributed by atoms with Crippen LogP contribution in [0.25, 0.3) is 11.4 Å².